The van der Waals surface area contributed by atoms with Gasteiger partial charge in [0.15, 0.2) is 0 Å². The summed E-state index contributed by atoms with van der Waals surface area (Å²) in [4.78, 5) is 26.8. The molecule has 2 N–H and O–H groups in total. The highest BCUT2D eigenvalue weighted by molar-refractivity contribution is 5.83. The quantitative estimate of drug-likeness (QED) is 0.854. The van der Waals surface area contributed by atoms with Gasteiger partial charge in [-0.25, -0.2) is 4.79 Å². The van der Waals surface area contributed by atoms with Gasteiger partial charge in [0.2, 0.25) is 5.91 Å². The largest absolute Gasteiger partial charge is 0.352 e. The third-order valence-corrected chi connectivity index (χ3v) is 5.28. The number of amides is 3. The molecule has 0 aromatic heterocycles. The molecule has 0 aliphatic carbocycles. The Morgan fingerprint density at radius 2 is 1.33 bits per heavy atom. The molecule has 1 heterocycles. The first-order chi connectivity index (χ1) is 13.1. The van der Waals surface area contributed by atoms with Crippen LogP contribution in [-0.2, 0) is 17.9 Å². The molecule has 0 spiro atoms. The van der Waals surface area contributed by atoms with Crippen LogP contribution in [0.5, 0.6) is 0 Å². The number of nitrogens with zero attached hydrogens (tertiary/aromatic N) is 1. The second-order valence-electron chi connectivity index (χ2n) is 7.36. The number of nitrogens with one attached hydrogen (secondary N) is 2. The lowest BCUT2D eigenvalue weighted by Gasteiger charge is -2.38. The number of likely N-dealkylation sites (tertiary alicyclic amines) is 1. The van der Waals surface area contributed by atoms with Gasteiger partial charge in [-0.2, -0.15) is 0 Å². The Balaban J connectivity index is 1.45. The second-order valence-corrected chi connectivity index (χ2v) is 7.36. The fourth-order valence-corrected chi connectivity index (χ4v) is 3.31. The van der Waals surface area contributed by atoms with E-state index >= 15 is 0 Å². The van der Waals surface area contributed by atoms with Crippen LogP contribution >= 0.6 is 0 Å². The molecule has 2 aromatic rings. The maximum Gasteiger partial charge on any atom is 0.317 e. The van der Waals surface area contributed by atoms with Gasteiger partial charge >= 0.3 is 6.03 Å². The number of piperidine rings is 1. The summed E-state index contributed by atoms with van der Waals surface area (Å²) in [5.74, 6) is 0.0655. The molecule has 0 bridgehead atoms. The number of urea groups is 1. The minimum atomic E-state index is -0.426. The highest BCUT2D eigenvalue weighted by atomic mass is 16.2. The zero-order chi connectivity index (χ0) is 19.1. The van der Waals surface area contributed by atoms with E-state index in [0.29, 0.717) is 39.0 Å². The molecule has 5 heteroatoms. The first-order valence-corrected chi connectivity index (χ1v) is 9.46. The van der Waals surface area contributed by atoms with E-state index in [0.717, 1.165) is 11.1 Å². The lowest BCUT2D eigenvalue weighted by atomic mass is 9.79. The summed E-state index contributed by atoms with van der Waals surface area (Å²) in [7, 11) is 0. The molecule has 1 saturated heterocycles. The molecule has 1 aliphatic heterocycles. The van der Waals surface area contributed by atoms with Crippen LogP contribution in [0.3, 0.4) is 0 Å². The molecule has 3 rings (SSSR count). The van der Waals surface area contributed by atoms with E-state index in [1.807, 2.05) is 67.6 Å². The Morgan fingerprint density at radius 3 is 1.85 bits per heavy atom. The van der Waals surface area contributed by atoms with Crippen molar-refractivity contribution in [2.45, 2.75) is 32.9 Å². The van der Waals surface area contributed by atoms with E-state index in [-0.39, 0.29) is 11.9 Å². The number of carbonyl (C=O) groups excluding carboxylic acids is 2. The smallest absolute Gasteiger partial charge is 0.317 e. The lowest BCUT2D eigenvalue weighted by Crippen LogP contribution is -2.50. The SMILES string of the molecule is CC1(C(=O)NCc2ccccc2)CCN(C(=O)NCc2ccccc2)CC1. The first-order valence-electron chi connectivity index (χ1n) is 9.46. The average molecular weight is 365 g/mol. The Hall–Kier alpha value is -2.82. The maximum absolute atomic E-state index is 12.7. The fourth-order valence-electron chi connectivity index (χ4n) is 3.31. The van der Waals surface area contributed by atoms with Crippen LogP contribution in [-0.4, -0.2) is 29.9 Å². The van der Waals surface area contributed by atoms with Gasteiger partial charge in [-0.1, -0.05) is 67.6 Å². The van der Waals surface area contributed by atoms with Crippen LogP contribution in [0.1, 0.15) is 30.9 Å². The van der Waals surface area contributed by atoms with Crippen molar-refractivity contribution >= 4 is 11.9 Å². The van der Waals surface area contributed by atoms with E-state index in [4.69, 9.17) is 0 Å². The number of hydrogen-bond acceptors (Lipinski definition) is 2. The molecule has 0 unspecified atom stereocenters. The third-order valence-electron chi connectivity index (χ3n) is 5.28. The molecule has 142 valence electrons. The summed E-state index contributed by atoms with van der Waals surface area (Å²) in [6.45, 7) is 4.24. The minimum absolute atomic E-state index is 0.0643. The van der Waals surface area contributed by atoms with Gasteiger partial charge in [0.25, 0.3) is 0 Å². The van der Waals surface area contributed by atoms with E-state index in [2.05, 4.69) is 10.6 Å². The van der Waals surface area contributed by atoms with Gasteiger partial charge in [-0.15, -0.1) is 0 Å². The predicted octanol–water partition coefficient (Wildman–Crippen LogP) is 3.31. The molecule has 0 saturated carbocycles. The molecule has 0 radical (unpaired) electrons. The summed E-state index contributed by atoms with van der Waals surface area (Å²) >= 11 is 0. The van der Waals surface area contributed by atoms with Crippen molar-refractivity contribution in [3.8, 4) is 0 Å². The van der Waals surface area contributed by atoms with Gasteiger partial charge in [0.1, 0.15) is 0 Å². The van der Waals surface area contributed by atoms with Crippen molar-refractivity contribution in [2.24, 2.45) is 5.41 Å². The number of benzene rings is 2. The highest BCUT2D eigenvalue weighted by Gasteiger charge is 2.37. The summed E-state index contributed by atoms with van der Waals surface area (Å²) in [5.41, 5.74) is 1.74. The average Bonchev–Trinajstić information content (AvgIpc) is 2.72. The normalized spacial score (nSPS) is 15.8. The minimum Gasteiger partial charge on any atom is -0.352 e. The van der Waals surface area contributed by atoms with Crippen LogP contribution in [0.25, 0.3) is 0 Å². The van der Waals surface area contributed by atoms with Crippen molar-refractivity contribution in [1.29, 1.82) is 0 Å². The van der Waals surface area contributed by atoms with Crippen molar-refractivity contribution in [3.63, 3.8) is 0 Å². The van der Waals surface area contributed by atoms with E-state index in [1.54, 1.807) is 4.90 Å². The van der Waals surface area contributed by atoms with Crippen LogP contribution in [0.4, 0.5) is 4.79 Å². The number of rotatable bonds is 5. The Bertz CT molecular complexity index is 754. The first kappa shape index (κ1) is 19.0. The van der Waals surface area contributed by atoms with Gasteiger partial charge in [0, 0.05) is 31.6 Å². The van der Waals surface area contributed by atoms with E-state index < -0.39 is 5.41 Å². The van der Waals surface area contributed by atoms with E-state index in [1.165, 1.54) is 0 Å². The monoisotopic (exact) mass is 365 g/mol. The predicted molar refractivity (Wildman–Crippen MR) is 106 cm³/mol. The van der Waals surface area contributed by atoms with Crippen LogP contribution in [0, 0.1) is 5.41 Å². The molecule has 27 heavy (non-hydrogen) atoms. The van der Waals surface area contributed by atoms with Crippen LogP contribution in [0.15, 0.2) is 60.7 Å². The standard InChI is InChI=1S/C22H27N3O2/c1-22(20(26)23-16-18-8-4-2-5-9-18)12-14-25(15-13-22)21(27)24-17-19-10-6-3-7-11-19/h2-11H,12-17H2,1H3,(H,23,26)(H,24,27). The topological polar surface area (TPSA) is 61.4 Å². The molecule has 3 amide bonds. The maximum atomic E-state index is 12.7. The zero-order valence-corrected chi connectivity index (χ0v) is 15.8. The van der Waals surface area contributed by atoms with Crippen molar-refractivity contribution < 1.29 is 9.59 Å². The molecule has 1 aliphatic rings. The summed E-state index contributed by atoms with van der Waals surface area (Å²) < 4.78 is 0. The Kier molecular flexibility index (Phi) is 6.12. The zero-order valence-electron chi connectivity index (χ0n) is 15.8. The lowest BCUT2D eigenvalue weighted by molar-refractivity contribution is -0.132. The molecular weight excluding hydrogens is 338 g/mol. The second kappa shape index (κ2) is 8.71. The van der Waals surface area contributed by atoms with Crippen molar-refractivity contribution in [2.75, 3.05) is 13.1 Å². The summed E-state index contributed by atoms with van der Waals surface area (Å²) in [5, 5.41) is 6.00. The van der Waals surface area contributed by atoms with E-state index in [9.17, 15) is 9.59 Å². The summed E-state index contributed by atoms with van der Waals surface area (Å²) in [6.07, 6.45) is 1.35. The fraction of sp³-hybridized carbons (Fsp3) is 0.364. The number of carbonyl (C=O) groups is 2. The van der Waals surface area contributed by atoms with Crippen LogP contribution in [0.2, 0.25) is 0 Å². The number of hydrogen-bond donors (Lipinski definition) is 2. The molecule has 0 atom stereocenters. The van der Waals surface area contributed by atoms with Gasteiger partial charge < -0.3 is 15.5 Å². The molecule has 1 fully saturated rings. The molecule has 2 aromatic carbocycles. The van der Waals surface area contributed by atoms with Crippen molar-refractivity contribution in [1.82, 2.24) is 15.5 Å². The molecule has 5 nitrogen and oxygen atoms in total. The Morgan fingerprint density at radius 1 is 0.852 bits per heavy atom. The van der Waals surface area contributed by atoms with Gasteiger partial charge in [-0.3, -0.25) is 4.79 Å². The Labute approximate surface area is 160 Å². The highest BCUT2D eigenvalue weighted by Crippen LogP contribution is 2.31. The third kappa shape index (κ3) is 5.09. The summed E-state index contributed by atoms with van der Waals surface area (Å²) in [6, 6.07) is 19.7. The molecular formula is C22H27N3O2. The van der Waals surface area contributed by atoms with Crippen LogP contribution < -0.4 is 10.6 Å². The van der Waals surface area contributed by atoms with Crippen molar-refractivity contribution in [3.05, 3.63) is 71.8 Å². The van der Waals surface area contributed by atoms with Gasteiger partial charge in [-0.05, 0) is 24.0 Å². The van der Waals surface area contributed by atoms with Gasteiger partial charge in [0.05, 0.1) is 0 Å².